The Labute approximate surface area is 84.8 Å². The average Bonchev–Trinajstić information content (AvgIpc) is 2.18. The first kappa shape index (κ1) is 8.81. The van der Waals surface area contributed by atoms with Crippen molar-refractivity contribution in [1.82, 2.24) is 9.90 Å². The molecule has 1 aromatic heterocycles. The molecule has 0 aliphatic rings. The van der Waals surface area contributed by atoms with E-state index in [0.29, 0.717) is 10.7 Å². The number of pyridine rings is 1. The van der Waals surface area contributed by atoms with E-state index < -0.39 is 0 Å². The van der Waals surface area contributed by atoms with Gasteiger partial charge in [-0.05, 0) is 24.3 Å². The summed E-state index contributed by atoms with van der Waals surface area (Å²) < 4.78 is 0. The van der Waals surface area contributed by atoms with Crippen molar-refractivity contribution in [2.24, 2.45) is 5.11 Å². The van der Waals surface area contributed by atoms with Gasteiger partial charge in [0, 0.05) is 16.6 Å². The Morgan fingerprint density at radius 2 is 2.21 bits per heavy atom. The van der Waals surface area contributed by atoms with Crippen molar-refractivity contribution in [3.63, 3.8) is 0 Å². The largest absolute Gasteiger partial charge is 0.256 e. The molecule has 0 fully saturated rings. The van der Waals surface area contributed by atoms with Crippen LogP contribution >= 0.6 is 11.6 Å². The summed E-state index contributed by atoms with van der Waals surface area (Å²) >= 11 is 5.82. The van der Waals surface area contributed by atoms with E-state index in [2.05, 4.69) is 15.0 Å². The zero-order valence-electron chi connectivity index (χ0n) is 7.11. The second-order valence-corrected chi connectivity index (χ2v) is 3.13. The fraction of sp³-hybridized carbons (Fsp3) is 0. The van der Waals surface area contributed by atoms with Gasteiger partial charge in [-0.1, -0.05) is 11.6 Å². The van der Waals surface area contributed by atoms with E-state index in [1.54, 1.807) is 24.4 Å². The molecule has 0 atom stereocenters. The molecule has 4 nitrogen and oxygen atoms in total. The van der Waals surface area contributed by atoms with Gasteiger partial charge in [-0.3, -0.25) is 4.98 Å². The maximum Gasteiger partial charge on any atom is 0.220 e. The minimum atomic E-state index is 0.627. The number of hydrogen-bond acceptors (Lipinski definition) is 3. The summed E-state index contributed by atoms with van der Waals surface area (Å²) in [5.74, 6) is 0. The van der Waals surface area contributed by atoms with E-state index in [-0.39, 0.29) is 0 Å². The van der Waals surface area contributed by atoms with Crippen LogP contribution in [-0.2, 0) is 0 Å². The van der Waals surface area contributed by atoms with Gasteiger partial charge in [0.05, 0.1) is 5.52 Å². The Kier molecular flexibility index (Phi) is 2.23. The van der Waals surface area contributed by atoms with Crippen molar-refractivity contribution in [1.29, 1.82) is 5.53 Å². The normalized spacial score (nSPS) is 9.79. The number of rotatable bonds is 1. The summed E-state index contributed by atoms with van der Waals surface area (Å²) in [4.78, 5) is 7.13. The van der Waals surface area contributed by atoms with Gasteiger partial charge in [-0.25, -0.2) is 0 Å². The Morgan fingerprint density at radius 1 is 1.36 bits per heavy atom. The maximum atomic E-state index is 6.67. The van der Waals surface area contributed by atoms with Crippen LogP contribution in [0.25, 0.3) is 10.9 Å². The second-order valence-electron chi connectivity index (χ2n) is 2.69. The van der Waals surface area contributed by atoms with Gasteiger partial charge in [-0.15, -0.1) is 0 Å². The molecule has 14 heavy (non-hydrogen) atoms. The number of nitrogens with zero attached hydrogens (tertiary/aromatic N) is 3. The van der Waals surface area contributed by atoms with Crippen LogP contribution in [0.4, 0.5) is 5.69 Å². The molecule has 68 valence electrons. The quantitative estimate of drug-likeness (QED) is 0.564. The lowest BCUT2D eigenvalue weighted by molar-refractivity contribution is 0.994. The molecule has 1 N–H and O–H groups in total. The van der Waals surface area contributed by atoms with Crippen LogP contribution in [0.3, 0.4) is 0 Å². The lowest BCUT2D eigenvalue weighted by Gasteiger charge is -1.96. The topological polar surface area (TPSA) is 63.2 Å². The first-order valence-electron chi connectivity index (χ1n) is 3.93. The number of fused-ring (bicyclic) bond motifs is 1. The van der Waals surface area contributed by atoms with E-state index >= 15 is 0 Å². The summed E-state index contributed by atoms with van der Waals surface area (Å²) in [6.07, 6.45) is 1.61. The standard InChI is InChI=1S/C9H6ClN4/c10-6-1-2-7-8(13-14-11)3-4-12-9(7)5-6/h1-5,11H/q+1. The zero-order chi connectivity index (χ0) is 9.97. The fourth-order valence-electron chi connectivity index (χ4n) is 1.25. The van der Waals surface area contributed by atoms with Crippen LogP contribution in [0.2, 0.25) is 5.02 Å². The van der Waals surface area contributed by atoms with Crippen LogP contribution in [0.5, 0.6) is 0 Å². The third-order valence-corrected chi connectivity index (χ3v) is 2.07. The lowest BCUT2D eigenvalue weighted by Crippen LogP contribution is -1.78. The molecular formula is C9H6ClN4+. The van der Waals surface area contributed by atoms with Gasteiger partial charge < -0.3 is 0 Å². The molecule has 1 aromatic carbocycles. The minimum absolute atomic E-state index is 0.627. The molecule has 0 unspecified atom stereocenters. The van der Waals surface area contributed by atoms with Crippen LogP contribution in [0.1, 0.15) is 0 Å². The number of halogens is 1. The smallest absolute Gasteiger partial charge is 0.220 e. The van der Waals surface area contributed by atoms with Crippen LogP contribution in [0.15, 0.2) is 35.6 Å². The summed E-state index contributed by atoms with van der Waals surface area (Å²) in [6, 6.07) is 7.03. The van der Waals surface area contributed by atoms with E-state index in [4.69, 9.17) is 17.1 Å². The summed E-state index contributed by atoms with van der Waals surface area (Å²) in [5, 5.41) is 5.14. The third-order valence-electron chi connectivity index (χ3n) is 1.84. The van der Waals surface area contributed by atoms with Crippen LogP contribution in [0, 0.1) is 5.53 Å². The molecule has 5 heteroatoms. The zero-order valence-corrected chi connectivity index (χ0v) is 7.86. The molecule has 0 bridgehead atoms. The number of hydrogen-bond donors (Lipinski definition) is 1. The van der Waals surface area contributed by atoms with Gasteiger partial charge in [0.25, 0.3) is 0 Å². The molecule has 0 aliphatic heterocycles. The van der Waals surface area contributed by atoms with Gasteiger partial charge in [-0.2, -0.15) is 0 Å². The molecule has 0 saturated heterocycles. The number of benzene rings is 1. The van der Waals surface area contributed by atoms with Gasteiger partial charge in [0.2, 0.25) is 4.91 Å². The molecule has 2 aromatic rings. The van der Waals surface area contributed by atoms with E-state index in [0.717, 1.165) is 10.9 Å². The Hall–Kier alpha value is -1.77. The fourth-order valence-corrected chi connectivity index (χ4v) is 1.41. The first-order valence-corrected chi connectivity index (χ1v) is 4.31. The highest BCUT2D eigenvalue weighted by Crippen LogP contribution is 2.25. The molecule has 0 amide bonds. The van der Waals surface area contributed by atoms with Crippen molar-refractivity contribution < 1.29 is 0 Å². The molecule has 1 heterocycles. The minimum Gasteiger partial charge on any atom is -0.256 e. The van der Waals surface area contributed by atoms with E-state index in [1.165, 1.54) is 0 Å². The predicted molar refractivity (Wildman–Crippen MR) is 53.7 cm³/mol. The third kappa shape index (κ3) is 1.48. The van der Waals surface area contributed by atoms with Gasteiger partial charge in [0.1, 0.15) is 5.53 Å². The molecule has 0 spiro atoms. The highest BCUT2D eigenvalue weighted by atomic mass is 35.5. The number of nitrogens with one attached hydrogen (secondary N) is 1. The highest BCUT2D eigenvalue weighted by Gasteiger charge is 2.04. The van der Waals surface area contributed by atoms with Crippen molar-refractivity contribution in [2.75, 3.05) is 0 Å². The van der Waals surface area contributed by atoms with Crippen molar-refractivity contribution in [3.8, 4) is 0 Å². The summed E-state index contributed by atoms with van der Waals surface area (Å²) in [7, 11) is 0. The van der Waals surface area contributed by atoms with Crippen molar-refractivity contribution in [2.45, 2.75) is 0 Å². The molecule has 0 saturated carbocycles. The Bertz CT molecular complexity index is 531. The Morgan fingerprint density at radius 3 is 3.00 bits per heavy atom. The molecule has 0 aliphatic carbocycles. The lowest BCUT2D eigenvalue weighted by atomic mass is 10.2. The maximum absolute atomic E-state index is 6.67. The number of aromatic nitrogens is 1. The molecule has 0 radical (unpaired) electrons. The SMILES string of the molecule is N=[N+]=Nc1ccnc2cc(Cl)ccc12. The summed E-state index contributed by atoms with van der Waals surface area (Å²) in [5.41, 5.74) is 8.05. The van der Waals surface area contributed by atoms with E-state index in [1.807, 2.05) is 6.07 Å². The monoisotopic (exact) mass is 205 g/mol. The van der Waals surface area contributed by atoms with Crippen LogP contribution in [-0.4, -0.2) is 4.98 Å². The van der Waals surface area contributed by atoms with Gasteiger partial charge >= 0.3 is 0 Å². The van der Waals surface area contributed by atoms with Crippen molar-refractivity contribution in [3.05, 3.63) is 35.5 Å². The predicted octanol–water partition coefficient (Wildman–Crippen LogP) is 3.07. The summed E-state index contributed by atoms with van der Waals surface area (Å²) in [6.45, 7) is 0. The molecular weight excluding hydrogens is 200 g/mol. The Balaban J connectivity index is 2.81. The van der Waals surface area contributed by atoms with Crippen LogP contribution < -0.4 is 4.91 Å². The van der Waals surface area contributed by atoms with Gasteiger partial charge in [0.15, 0.2) is 10.8 Å². The average molecular weight is 206 g/mol. The van der Waals surface area contributed by atoms with Crippen molar-refractivity contribution >= 4 is 28.2 Å². The highest BCUT2D eigenvalue weighted by molar-refractivity contribution is 6.31. The first-order chi connectivity index (χ1) is 6.81. The second kappa shape index (κ2) is 3.54. The van der Waals surface area contributed by atoms with E-state index in [9.17, 15) is 0 Å². The molecule has 2 rings (SSSR count).